The average Bonchev–Trinajstić information content (AvgIpc) is 2.25. The van der Waals surface area contributed by atoms with Gasteiger partial charge in [0.2, 0.25) is 5.91 Å². The van der Waals surface area contributed by atoms with Crippen LogP contribution in [0.1, 0.15) is 44.9 Å². The molecule has 4 heteroatoms. The molecule has 1 amide bonds. The summed E-state index contributed by atoms with van der Waals surface area (Å²) in [7, 11) is 1.90. The van der Waals surface area contributed by atoms with Crippen LogP contribution in [0.4, 0.5) is 0 Å². The van der Waals surface area contributed by atoms with Gasteiger partial charge in [0, 0.05) is 19.0 Å². The van der Waals surface area contributed by atoms with Gasteiger partial charge >= 0.3 is 5.97 Å². The van der Waals surface area contributed by atoms with Crippen molar-refractivity contribution in [2.45, 2.75) is 51.0 Å². The summed E-state index contributed by atoms with van der Waals surface area (Å²) in [6, 6.07) is 0.444. The molecule has 1 N–H and O–H groups in total. The van der Waals surface area contributed by atoms with E-state index in [9.17, 15) is 9.59 Å². The minimum atomic E-state index is -0.705. The molecule has 2 fully saturated rings. The van der Waals surface area contributed by atoms with E-state index in [0.29, 0.717) is 18.9 Å². The van der Waals surface area contributed by atoms with Crippen LogP contribution in [0.5, 0.6) is 0 Å². The van der Waals surface area contributed by atoms with Gasteiger partial charge in [-0.25, -0.2) is 0 Å². The van der Waals surface area contributed by atoms with Crippen molar-refractivity contribution in [1.82, 2.24) is 4.90 Å². The van der Waals surface area contributed by atoms with Gasteiger partial charge in [0.25, 0.3) is 0 Å². The summed E-state index contributed by atoms with van der Waals surface area (Å²) in [6.45, 7) is 0. The highest BCUT2D eigenvalue weighted by atomic mass is 16.4. The van der Waals surface area contributed by atoms with Crippen LogP contribution in [0.25, 0.3) is 0 Å². The van der Waals surface area contributed by atoms with E-state index in [4.69, 9.17) is 5.11 Å². The summed E-state index contributed by atoms with van der Waals surface area (Å²) < 4.78 is 0. The number of amides is 1. The van der Waals surface area contributed by atoms with E-state index in [1.165, 1.54) is 6.42 Å². The van der Waals surface area contributed by atoms with Gasteiger partial charge < -0.3 is 10.0 Å². The topological polar surface area (TPSA) is 57.6 Å². The van der Waals surface area contributed by atoms with Crippen molar-refractivity contribution in [1.29, 1.82) is 0 Å². The maximum atomic E-state index is 12.2. The lowest BCUT2D eigenvalue weighted by Crippen LogP contribution is -2.45. The third-order valence-electron chi connectivity index (χ3n) is 4.40. The summed E-state index contributed by atoms with van der Waals surface area (Å²) in [5.41, 5.74) is 0. The highest BCUT2D eigenvalue weighted by Crippen LogP contribution is 2.32. The number of carboxylic acids is 1. The number of nitrogens with zero attached hydrogens (tertiary/aromatic N) is 1. The average molecular weight is 239 g/mol. The first-order valence-electron chi connectivity index (χ1n) is 6.59. The van der Waals surface area contributed by atoms with Crippen molar-refractivity contribution in [2.24, 2.45) is 11.8 Å². The summed E-state index contributed by atoms with van der Waals surface area (Å²) in [5, 5.41) is 8.91. The van der Waals surface area contributed by atoms with Crippen molar-refractivity contribution >= 4 is 11.9 Å². The van der Waals surface area contributed by atoms with Crippen LogP contribution in [-0.2, 0) is 9.59 Å². The van der Waals surface area contributed by atoms with Crippen molar-refractivity contribution in [3.63, 3.8) is 0 Å². The Morgan fingerprint density at radius 3 is 1.94 bits per heavy atom. The molecule has 0 aromatic heterocycles. The Labute approximate surface area is 102 Å². The second-order valence-corrected chi connectivity index (χ2v) is 5.42. The van der Waals surface area contributed by atoms with Gasteiger partial charge in [0.1, 0.15) is 0 Å². The fraction of sp³-hybridized carbons (Fsp3) is 0.846. The number of carbonyl (C=O) groups excluding carboxylic acids is 1. The predicted molar refractivity (Wildman–Crippen MR) is 63.5 cm³/mol. The van der Waals surface area contributed by atoms with Crippen LogP contribution in [-0.4, -0.2) is 35.0 Å². The van der Waals surface area contributed by atoms with Gasteiger partial charge in [-0.2, -0.15) is 0 Å². The molecule has 2 aliphatic rings. The van der Waals surface area contributed by atoms with E-state index >= 15 is 0 Å². The van der Waals surface area contributed by atoms with E-state index in [0.717, 1.165) is 25.7 Å². The number of hydrogen-bond acceptors (Lipinski definition) is 2. The van der Waals surface area contributed by atoms with Gasteiger partial charge in [-0.1, -0.05) is 0 Å². The summed E-state index contributed by atoms with van der Waals surface area (Å²) >= 11 is 0. The number of carboxylic acid groups (broad SMARTS) is 1. The van der Waals surface area contributed by atoms with E-state index in [-0.39, 0.29) is 17.7 Å². The molecule has 0 heterocycles. The van der Waals surface area contributed by atoms with Crippen molar-refractivity contribution < 1.29 is 14.7 Å². The SMILES string of the molecule is CN(C(=O)C1CCC(C(=O)O)CC1)C1CCC1. The number of aliphatic carboxylic acids is 1. The highest BCUT2D eigenvalue weighted by Gasteiger charge is 2.34. The van der Waals surface area contributed by atoms with Crippen molar-refractivity contribution in [3.05, 3.63) is 0 Å². The van der Waals surface area contributed by atoms with Gasteiger partial charge in [-0.3, -0.25) is 9.59 Å². The Bertz CT molecular complexity index is 304. The molecule has 2 saturated carbocycles. The lowest BCUT2D eigenvalue weighted by molar-refractivity contribution is -0.146. The lowest BCUT2D eigenvalue weighted by Gasteiger charge is -2.38. The largest absolute Gasteiger partial charge is 0.481 e. The van der Waals surface area contributed by atoms with Crippen LogP contribution >= 0.6 is 0 Å². The monoisotopic (exact) mass is 239 g/mol. The molecule has 0 atom stereocenters. The third kappa shape index (κ3) is 2.61. The molecule has 0 aromatic rings. The minimum absolute atomic E-state index is 0.0659. The third-order valence-corrected chi connectivity index (χ3v) is 4.40. The van der Waals surface area contributed by atoms with Gasteiger partial charge in [-0.05, 0) is 44.9 Å². The van der Waals surface area contributed by atoms with Crippen molar-refractivity contribution in [2.75, 3.05) is 7.05 Å². The maximum Gasteiger partial charge on any atom is 0.306 e. The lowest BCUT2D eigenvalue weighted by atomic mass is 9.80. The molecule has 2 rings (SSSR count). The standard InChI is InChI=1S/C13H21NO3/c1-14(11-3-2-4-11)12(15)9-5-7-10(8-6-9)13(16)17/h9-11H,2-8H2,1H3,(H,16,17). The molecule has 96 valence electrons. The first kappa shape index (κ1) is 12.4. The molecule has 0 radical (unpaired) electrons. The normalized spacial score (nSPS) is 29.5. The molecule has 0 bridgehead atoms. The van der Waals surface area contributed by atoms with Gasteiger partial charge in [0.15, 0.2) is 0 Å². The summed E-state index contributed by atoms with van der Waals surface area (Å²) in [6.07, 6.45) is 6.29. The molecule has 0 aliphatic heterocycles. The Morgan fingerprint density at radius 1 is 1.00 bits per heavy atom. The molecular weight excluding hydrogens is 218 g/mol. The second kappa shape index (κ2) is 5.07. The number of rotatable bonds is 3. The van der Waals surface area contributed by atoms with Gasteiger partial charge in [-0.15, -0.1) is 0 Å². The zero-order valence-electron chi connectivity index (χ0n) is 10.4. The smallest absolute Gasteiger partial charge is 0.306 e. The molecule has 0 unspecified atom stereocenters. The molecule has 0 aromatic carbocycles. The molecular formula is C13H21NO3. The zero-order chi connectivity index (χ0) is 12.4. The first-order chi connectivity index (χ1) is 8.09. The summed E-state index contributed by atoms with van der Waals surface area (Å²) in [5.74, 6) is -0.633. The Kier molecular flexibility index (Phi) is 3.69. The quantitative estimate of drug-likeness (QED) is 0.818. The Hall–Kier alpha value is -1.06. The van der Waals surface area contributed by atoms with Crippen LogP contribution in [0.2, 0.25) is 0 Å². The van der Waals surface area contributed by atoms with Crippen LogP contribution in [0.3, 0.4) is 0 Å². The minimum Gasteiger partial charge on any atom is -0.481 e. The predicted octanol–water partition coefficient (Wildman–Crippen LogP) is 1.89. The van der Waals surface area contributed by atoms with E-state index in [2.05, 4.69) is 0 Å². The van der Waals surface area contributed by atoms with E-state index in [1.807, 2.05) is 11.9 Å². The first-order valence-corrected chi connectivity index (χ1v) is 6.59. The molecule has 4 nitrogen and oxygen atoms in total. The fourth-order valence-corrected chi connectivity index (χ4v) is 2.83. The molecule has 2 aliphatic carbocycles. The van der Waals surface area contributed by atoms with E-state index in [1.54, 1.807) is 0 Å². The number of carbonyl (C=O) groups is 2. The van der Waals surface area contributed by atoms with Crippen LogP contribution in [0, 0.1) is 11.8 Å². The Balaban J connectivity index is 1.83. The van der Waals surface area contributed by atoms with Crippen LogP contribution < -0.4 is 0 Å². The van der Waals surface area contributed by atoms with Crippen LogP contribution in [0.15, 0.2) is 0 Å². The maximum absolute atomic E-state index is 12.2. The Morgan fingerprint density at radius 2 is 1.53 bits per heavy atom. The number of hydrogen-bond donors (Lipinski definition) is 1. The highest BCUT2D eigenvalue weighted by molar-refractivity contribution is 5.79. The fourth-order valence-electron chi connectivity index (χ4n) is 2.83. The second-order valence-electron chi connectivity index (χ2n) is 5.42. The zero-order valence-corrected chi connectivity index (χ0v) is 10.4. The molecule has 17 heavy (non-hydrogen) atoms. The van der Waals surface area contributed by atoms with E-state index < -0.39 is 5.97 Å². The summed E-state index contributed by atoms with van der Waals surface area (Å²) in [4.78, 5) is 24.9. The van der Waals surface area contributed by atoms with Gasteiger partial charge in [0.05, 0.1) is 5.92 Å². The molecule has 0 saturated heterocycles. The van der Waals surface area contributed by atoms with Crippen molar-refractivity contribution in [3.8, 4) is 0 Å². The molecule has 0 spiro atoms.